The molecular formula is C4H7ClO3S. The lowest BCUT2D eigenvalue weighted by Gasteiger charge is -1.85. The third-order valence-corrected chi connectivity index (χ3v) is 0.776. The fourth-order valence-electron chi connectivity index (χ4n) is 0.214. The van der Waals surface area contributed by atoms with E-state index < -0.39 is 5.97 Å². The molecule has 0 rings (SSSR count). The number of halogens is 1. The molecule has 0 aliphatic carbocycles. The van der Waals surface area contributed by atoms with Gasteiger partial charge in [-0.25, -0.2) is 0 Å². The van der Waals surface area contributed by atoms with Crippen LogP contribution in [0.25, 0.3) is 0 Å². The van der Waals surface area contributed by atoms with E-state index in [0.717, 1.165) is 0 Å². The Morgan fingerprint density at radius 1 is 1.33 bits per heavy atom. The monoisotopic (exact) mass is 170 g/mol. The molecule has 0 aromatic carbocycles. The Morgan fingerprint density at radius 2 is 1.78 bits per heavy atom. The van der Waals surface area contributed by atoms with Gasteiger partial charge in [0.05, 0.1) is 6.42 Å². The topological polar surface area (TPSA) is 54.4 Å². The molecule has 0 spiro atoms. The number of carbonyl (C=O) groups is 2. The maximum absolute atomic E-state index is 9.95. The van der Waals surface area contributed by atoms with E-state index >= 15 is 0 Å². The van der Waals surface area contributed by atoms with Gasteiger partial charge in [-0.1, -0.05) is 0 Å². The molecule has 0 aromatic rings. The van der Waals surface area contributed by atoms with Gasteiger partial charge in [-0.2, -0.15) is 0 Å². The van der Waals surface area contributed by atoms with Gasteiger partial charge in [0.15, 0.2) is 5.12 Å². The number of hydrogen-bond acceptors (Lipinski definition) is 2. The molecule has 0 saturated carbocycles. The van der Waals surface area contributed by atoms with Crippen molar-refractivity contribution in [1.82, 2.24) is 0 Å². The maximum Gasteiger partial charge on any atom is 0.303 e. The second kappa shape index (κ2) is 5.91. The summed E-state index contributed by atoms with van der Waals surface area (Å²) in [7, 11) is 0. The fourth-order valence-corrected chi connectivity index (χ4v) is 0.326. The largest absolute Gasteiger partial charge is 0.481 e. The number of carboxylic acid groups (broad SMARTS) is 1. The van der Waals surface area contributed by atoms with Crippen LogP contribution < -0.4 is 0 Å². The molecule has 0 bridgehead atoms. The standard InChI is InChI=1S/C4H6O3S.ClH/c5-3(6)1-2-4(7)8;/h1-2H2,(H,5,6)(H,7,8);1H. The molecular weight excluding hydrogens is 164 g/mol. The Morgan fingerprint density at radius 3 is 1.89 bits per heavy atom. The van der Waals surface area contributed by atoms with Gasteiger partial charge < -0.3 is 5.11 Å². The Bertz CT molecular complexity index is 100. The van der Waals surface area contributed by atoms with E-state index in [4.69, 9.17) is 5.11 Å². The summed E-state index contributed by atoms with van der Waals surface area (Å²) in [5.41, 5.74) is 0. The Balaban J connectivity index is 0. The van der Waals surface area contributed by atoms with Crippen molar-refractivity contribution < 1.29 is 14.7 Å². The lowest BCUT2D eigenvalue weighted by Crippen LogP contribution is -1.96. The zero-order valence-corrected chi connectivity index (χ0v) is 6.24. The van der Waals surface area contributed by atoms with Gasteiger partial charge in [-0.3, -0.25) is 9.59 Å². The van der Waals surface area contributed by atoms with Crippen molar-refractivity contribution in [3.63, 3.8) is 0 Å². The van der Waals surface area contributed by atoms with Gasteiger partial charge in [-0.15, -0.1) is 25.0 Å². The summed E-state index contributed by atoms with van der Waals surface area (Å²) in [5, 5.41) is 7.59. The Kier molecular flexibility index (Phi) is 7.59. The summed E-state index contributed by atoms with van der Waals surface area (Å²) >= 11 is 3.37. The highest BCUT2D eigenvalue weighted by Gasteiger charge is 1.98. The smallest absolute Gasteiger partial charge is 0.303 e. The van der Waals surface area contributed by atoms with E-state index in [1.807, 2.05) is 0 Å². The summed E-state index contributed by atoms with van der Waals surface area (Å²) in [4.78, 5) is 19.7. The number of rotatable bonds is 3. The van der Waals surface area contributed by atoms with E-state index in [1.54, 1.807) is 0 Å². The van der Waals surface area contributed by atoms with Crippen molar-refractivity contribution in [2.24, 2.45) is 0 Å². The number of carboxylic acids is 1. The van der Waals surface area contributed by atoms with Crippen LogP contribution in [0.15, 0.2) is 0 Å². The second-order valence-electron chi connectivity index (χ2n) is 1.29. The van der Waals surface area contributed by atoms with E-state index in [1.165, 1.54) is 0 Å². The summed E-state index contributed by atoms with van der Waals surface area (Å²) < 4.78 is 0. The van der Waals surface area contributed by atoms with E-state index in [2.05, 4.69) is 12.6 Å². The molecule has 0 aliphatic rings. The van der Waals surface area contributed by atoms with Crippen LogP contribution in [0.4, 0.5) is 0 Å². The minimum Gasteiger partial charge on any atom is -0.481 e. The van der Waals surface area contributed by atoms with E-state index in [0.29, 0.717) is 0 Å². The lowest BCUT2D eigenvalue weighted by atomic mass is 10.3. The van der Waals surface area contributed by atoms with Gasteiger partial charge in [0.2, 0.25) is 0 Å². The third kappa shape index (κ3) is 11.4. The van der Waals surface area contributed by atoms with Gasteiger partial charge in [0.25, 0.3) is 0 Å². The summed E-state index contributed by atoms with van der Waals surface area (Å²) in [6, 6.07) is 0. The normalized spacial score (nSPS) is 7.67. The van der Waals surface area contributed by atoms with Crippen LogP contribution in [0.2, 0.25) is 0 Å². The van der Waals surface area contributed by atoms with Gasteiger partial charge in [0.1, 0.15) is 0 Å². The van der Waals surface area contributed by atoms with Crippen LogP contribution in [0.5, 0.6) is 0 Å². The highest BCUT2D eigenvalue weighted by Crippen LogP contribution is 1.92. The number of carbonyl (C=O) groups excluding carboxylic acids is 1. The highest BCUT2D eigenvalue weighted by atomic mass is 35.5. The molecule has 5 heteroatoms. The number of thiol groups is 1. The predicted octanol–water partition coefficient (Wildman–Crippen LogP) is 0.729. The summed E-state index contributed by atoms with van der Waals surface area (Å²) in [6.07, 6.45) is -0.110. The van der Waals surface area contributed by atoms with Crippen LogP contribution in [0, 0.1) is 0 Å². The minimum absolute atomic E-state index is 0. The average molecular weight is 171 g/mol. The average Bonchev–Trinajstić information content (AvgIpc) is 1.61. The van der Waals surface area contributed by atoms with Crippen molar-refractivity contribution in [1.29, 1.82) is 0 Å². The molecule has 0 atom stereocenters. The fraction of sp³-hybridized carbons (Fsp3) is 0.500. The van der Waals surface area contributed by atoms with Crippen molar-refractivity contribution in [3.8, 4) is 0 Å². The summed E-state index contributed by atoms with van der Waals surface area (Å²) in [6.45, 7) is 0. The maximum atomic E-state index is 9.95. The van der Waals surface area contributed by atoms with Gasteiger partial charge in [-0.05, 0) is 0 Å². The van der Waals surface area contributed by atoms with Gasteiger partial charge >= 0.3 is 5.97 Å². The minimum atomic E-state index is -0.965. The molecule has 1 N–H and O–H groups in total. The number of aliphatic carboxylic acids is 1. The predicted molar refractivity (Wildman–Crippen MR) is 38.1 cm³/mol. The molecule has 0 radical (unpaired) electrons. The molecule has 9 heavy (non-hydrogen) atoms. The molecule has 3 nitrogen and oxygen atoms in total. The molecule has 54 valence electrons. The Hall–Kier alpha value is -0.220. The van der Waals surface area contributed by atoms with Crippen LogP contribution >= 0.6 is 25.0 Å². The molecule has 0 aliphatic heterocycles. The zero-order valence-electron chi connectivity index (χ0n) is 4.53. The third-order valence-electron chi connectivity index (χ3n) is 0.553. The van der Waals surface area contributed by atoms with Crippen molar-refractivity contribution >= 4 is 36.1 Å². The SMILES string of the molecule is Cl.O=C(O)CCC(=O)S. The van der Waals surface area contributed by atoms with E-state index in [-0.39, 0.29) is 30.4 Å². The molecule has 0 amide bonds. The van der Waals surface area contributed by atoms with Crippen LogP contribution in [-0.4, -0.2) is 16.2 Å². The van der Waals surface area contributed by atoms with Crippen LogP contribution in [-0.2, 0) is 9.59 Å². The van der Waals surface area contributed by atoms with E-state index in [9.17, 15) is 9.59 Å². The van der Waals surface area contributed by atoms with Crippen LogP contribution in [0.1, 0.15) is 12.8 Å². The first-order chi connectivity index (χ1) is 3.63. The molecule has 0 heterocycles. The molecule has 0 saturated heterocycles. The zero-order chi connectivity index (χ0) is 6.57. The second-order valence-corrected chi connectivity index (χ2v) is 1.79. The van der Waals surface area contributed by atoms with Gasteiger partial charge in [0, 0.05) is 6.42 Å². The Labute approximate surface area is 64.3 Å². The molecule has 0 fully saturated rings. The summed E-state index contributed by atoms with van der Waals surface area (Å²) in [5.74, 6) is -0.965. The van der Waals surface area contributed by atoms with Crippen molar-refractivity contribution in [2.75, 3.05) is 0 Å². The van der Waals surface area contributed by atoms with Crippen molar-refractivity contribution in [2.45, 2.75) is 12.8 Å². The number of hydrogen-bond donors (Lipinski definition) is 2. The first-order valence-electron chi connectivity index (χ1n) is 2.06. The van der Waals surface area contributed by atoms with Crippen molar-refractivity contribution in [3.05, 3.63) is 0 Å². The molecule has 0 aromatic heterocycles. The highest BCUT2D eigenvalue weighted by molar-refractivity contribution is 7.96. The first kappa shape index (κ1) is 11.6. The van der Waals surface area contributed by atoms with Crippen LogP contribution in [0.3, 0.4) is 0 Å². The quantitative estimate of drug-likeness (QED) is 0.614. The molecule has 0 unspecified atom stereocenters. The first-order valence-corrected chi connectivity index (χ1v) is 2.51. The lowest BCUT2D eigenvalue weighted by molar-refractivity contribution is -0.137.